The molecule has 0 bridgehead atoms. The van der Waals surface area contributed by atoms with E-state index in [2.05, 4.69) is 15.8 Å². The highest BCUT2D eigenvalue weighted by atomic mass is 16.5. The van der Waals surface area contributed by atoms with Crippen LogP contribution in [0.4, 0.5) is 0 Å². The zero-order valence-corrected chi connectivity index (χ0v) is 19.6. The fourth-order valence-electron chi connectivity index (χ4n) is 2.96. The smallest absolute Gasteiger partial charge is 0.343 e. The van der Waals surface area contributed by atoms with Crippen molar-refractivity contribution in [3.05, 3.63) is 95.1 Å². The molecule has 8 heteroatoms. The lowest BCUT2D eigenvalue weighted by Crippen LogP contribution is -2.34. The van der Waals surface area contributed by atoms with Crippen LogP contribution in [0.3, 0.4) is 0 Å². The molecule has 0 radical (unpaired) electrons. The maximum absolute atomic E-state index is 12.3. The molecule has 2 amide bonds. The molecule has 8 nitrogen and oxygen atoms in total. The van der Waals surface area contributed by atoms with Crippen molar-refractivity contribution in [2.24, 2.45) is 5.10 Å². The van der Waals surface area contributed by atoms with Gasteiger partial charge < -0.3 is 14.8 Å². The Morgan fingerprint density at radius 2 is 1.63 bits per heavy atom. The molecule has 0 saturated carbocycles. The normalized spacial score (nSPS) is 10.6. The summed E-state index contributed by atoms with van der Waals surface area (Å²) in [4.78, 5) is 36.3. The number of hydrazone groups is 1. The third-order valence-electron chi connectivity index (χ3n) is 4.75. The third kappa shape index (κ3) is 8.12. The number of benzene rings is 3. The molecule has 0 unspecified atom stereocenters. The lowest BCUT2D eigenvalue weighted by molar-refractivity contribution is -0.120. The largest absolute Gasteiger partial charge is 0.494 e. The molecule has 0 aliphatic rings. The zero-order valence-electron chi connectivity index (χ0n) is 19.6. The second kappa shape index (κ2) is 12.7. The van der Waals surface area contributed by atoms with Crippen LogP contribution in [0.2, 0.25) is 0 Å². The molecule has 3 aromatic carbocycles. The predicted molar refractivity (Wildman–Crippen MR) is 133 cm³/mol. The number of carbonyl (C=O) groups is 3. The second-order valence-electron chi connectivity index (χ2n) is 7.68. The van der Waals surface area contributed by atoms with Crippen LogP contribution in [0.5, 0.6) is 11.5 Å². The number of carbonyl (C=O) groups excluding carboxylic acids is 3. The van der Waals surface area contributed by atoms with E-state index in [0.717, 1.165) is 12.0 Å². The molecule has 35 heavy (non-hydrogen) atoms. The molecule has 0 fully saturated rings. The summed E-state index contributed by atoms with van der Waals surface area (Å²) >= 11 is 0. The van der Waals surface area contributed by atoms with Gasteiger partial charge >= 0.3 is 5.97 Å². The topological polar surface area (TPSA) is 106 Å². The minimum atomic E-state index is -0.478. The van der Waals surface area contributed by atoms with Gasteiger partial charge in [-0.1, -0.05) is 24.6 Å². The highest BCUT2D eigenvalue weighted by Gasteiger charge is 2.09. The number of esters is 1. The summed E-state index contributed by atoms with van der Waals surface area (Å²) in [6.07, 6.45) is 2.35. The number of hydrogen-bond acceptors (Lipinski definition) is 6. The van der Waals surface area contributed by atoms with Crippen molar-refractivity contribution in [3.63, 3.8) is 0 Å². The van der Waals surface area contributed by atoms with Gasteiger partial charge in [-0.3, -0.25) is 9.59 Å². The van der Waals surface area contributed by atoms with Gasteiger partial charge in [0.05, 0.1) is 24.9 Å². The summed E-state index contributed by atoms with van der Waals surface area (Å²) in [6, 6.07) is 20.5. The molecule has 0 heterocycles. The summed E-state index contributed by atoms with van der Waals surface area (Å²) in [5.74, 6) is -0.194. The first-order chi connectivity index (χ1) is 16.9. The standard InChI is InChI=1S/C27H27N3O5/c1-3-15-34-23-13-9-21(10-14-23)27(33)35-24-11-7-20(8-12-24)17-29-30-25(31)18-28-26(32)22-6-4-5-19(2)16-22/h4-14,16-17H,3,15,18H2,1-2H3,(H,28,32)(H,30,31). The number of rotatable bonds is 10. The minimum Gasteiger partial charge on any atom is -0.494 e. The van der Waals surface area contributed by atoms with Gasteiger partial charge in [0.2, 0.25) is 0 Å². The first kappa shape index (κ1) is 25.2. The summed E-state index contributed by atoms with van der Waals surface area (Å²) < 4.78 is 10.9. The summed E-state index contributed by atoms with van der Waals surface area (Å²) in [6.45, 7) is 4.32. The SMILES string of the molecule is CCCOc1ccc(C(=O)Oc2ccc(C=NNC(=O)CNC(=O)c3cccc(C)c3)cc2)cc1. The first-order valence-corrected chi connectivity index (χ1v) is 11.2. The van der Waals surface area contributed by atoms with Crippen LogP contribution in [0.15, 0.2) is 77.9 Å². The Kier molecular flexibility index (Phi) is 9.13. The first-order valence-electron chi connectivity index (χ1n) is 11.2. The van der Waals surface area contributed by atoms with E-state index in [-0.39, 0.29) is 12.5 Å². The fourth-order valence-corrected chi connectivity index (χ4v) is 2.96. The van der Waals surface area contributed by atoms with Crippen LogP contribution < -0.4 is 20.2 Å². The van der Waals surface area contributed by atoms with Crippen molar-refractivity contribution >= 4 is 24.0 Å². The zero-order chi connectivity index (χ0) is 25.0. The van der Waals surface area contributed by atoms with Crippen LogP contribution in [0.1, 0.15) is 45.2 Å². The lowest BCUT2D eigenvalue weighted by Gasteiger charge is -2.07. The minimum absolute atomic E-state index is 0.204. The molecule has 180 valence electrons. The molecule has 3 rings (SSSR count). The average molecular weight is 474 g/mol. The maximum Gasteiger partial charge on any atom is 0.343 e. The van der Waals surface area contributed by atoms with Crippen LogP contribution >= 0.6 is 0 Å². The highest BCUT2D eigenvalue weighted by Crippen LogP contribution is 2.16. The van der Waals surface area contributed by atoms with E-state index < -0.39 is 11.9 Å². The Balaban J connectivity index is 1.43. The van der Waals surface area contributed by atoms with Gasteiger partial charge in [0.15, 0.2) is 0 Å². The van der Waals surface area contributed by atoms with E-state index >= 15 is 0 Å². The fraction of sp³-hybridized carbons (Fsp3) is 0.185. The van der Waals surface area contributed by atoms with E-state index in [1.165, 1.54) is 6.21 Å². The van der Waals surface area contributed by atoms with Gasteiger partial charge in [-0.2, -0.15) is 5.10 Å². The molecule has 0 aliphatic heterocycles. The molecule has 0 spiro atoms. The molecular formula is C27H27N3O5. The molecular weight excluding hydrogens is 446 g/mol. The second-order valence-corrected chi connectivity index (χ2v) is 7.68. The summed E-state index contributed by atoms with van der Waals surface area (Å²) in [7, 11) is 0. The van der Waals surface area contributed by atoms with E-state index in [1.54, 1.807) is 66.7 Å². The number of hydrogen-bond donors (Lipinski definition) is 2. The monoisotopic (exact) mass is 473 g/mol. The van der Waals surface area contributed by atoms with Gasteiger partial charge in [0.1, 0.15) is 11.5 Å². The number of ether oxygens (including phenoxy) is 2. The third-order valence-corrected chi connectivity index (χ3v) is 4.75. The Bertz CT molecular complexity index is 1190. The van der Waals surface area contributed by atoms with Gasteiger partial charge in [-0.15, -0.1) is 0 Å². The van der Waals surface area contributed by atoms with E-state index in [9.17, 15) is 14.4 Å². The molecule has 2 N–H and O–H groups in total. The molecule has 0 aromatic heterocycles. The molecule has 0 saturated heterocycles. The maximum atomic E-state index is 12.3. The van der Waals surface area contributed by atoms with Crippen LogP contribution in [-0.4, -0.2) is 37.1 Å². The lowest BCUT2D eigenvalue weighted by atomic mass is 10.1. The van der Waals surface area contributed by atoms with Crippen molar-refractivity contribution in [1.82, 2.24) is 10.7 Å². The van der Waals surface area contributed by atoms with Gasteiger partial charge in [0, 0.05) is 5.56 Å². The van der Waals surface area contributed by atoms with Crippen molar-refractivity contribution in [2.75, 3.05) is 13.2 Å². The van der Waals surface area contributed by atoms with Crippen molar-refractivity contribution in [1.29, 1.82) is 0 Å². The Morgan fingerprint density at radius 3 is 2.31 bits per heavy atom. The quantitative estimate of drug-likeness (QED) is 0.201. The summed E-state index contributed by atoms with van der Waals surface area (Å²) in [5.41, 5.74) is 4.90. The van der Waals surface area contributed by atoms with E-state index in [4.69, 9.17) is 9.47 Å². The van der Waals surface area contributed by atoms with Gasteiger partial charge in [0.25, 0.3) is 11.8 Å². The number of amides is 2. The number of nitrogens with one attached hydrogen (secondary N) is 2. The van der Waals surface area contributed by atoms with Crippen molar-refractivity contribution < 1.29 is 23.9 Å². The van der Waals surface area contributed by atoms with Crippen molar-refractivity contribution in [3.8, 4) is 11.5 Å². The number of nitrogens with zero attached hydrogens (tertiary/aromatic N) is 1. The molecule has 0 atom stereocenters. The number of aryl methyl sites for hydroxylation is 1. The highest BCUT2D eigenvalue weighted by molar-refractivity contribution is 5.96. The molecule has 0 aliphatic carbocycles. The Morgan fingerprint density at radius 1 is 0.914 bits per heavy atom. The Labute approximate surface area is 204 Å². The van der Waals surface area contributed by atoms with E-state index in [1.807, 2.05) is 19.9 Å². The van der Waals surface area contributed by atoms with Crippen LogP contribution in [-0.2, 0) is 4.79 Å². The van der Waals surface area contributed by atoms with Crippen molar-refractivity contribution in [2.45, 2.75) is 20.3 Å². The predicted octanol–water partition coefficient (Wildman–Crippen LogP) is 3.88. The van der Waals surface area contributed by atoms with Crippen LogP contribution in [0, 0.1) is 6.92 Å². The van der Waals surface area contributed by atoms with Gasteiger partial charge in [-0.05, 0) is 79.6 Å². The van der Waals surface area contributed by atoms with Gasteiger partial charge in [-0.25, -0.2) is 10.2 Å². The van der Waals surface area contributed by atoms with Crippen LogP contribution in [0.25, 0.3) is 0 Å². The molecule has 3 aromatic rings. The van der Waals surface area contributed by atoms with E-state index in [0.29, 0.717) is 34.8 Å². The summed E-state index contributed by atoms with van der Waals surface area (Å²) in [5, 5.41) is 6.42. The average Bonchev–Trinajstić information content (AvgIpc) is 2.87. The Hall–Kier alpha value is -4.46.